The molecule has 2 rings (SSSR count). The van der Waals surface area contributed by atoms with Crippen LogP contribution in [0.5, 0.6) is 0 Å². The fourth-order valence-corrected chi connectivity index (χ4v) is 2.28. The molecule has 102 valence electrons. The Morgan fingerprint density at radius 3 is 2.83 bits per heavy atom. The van der Waals surface area contributed by atoms with Crippen LogP contribution >= 0.6 is 0 Å². The van der Waals surface area contributed by atoms with Gasteiger partial charge in [0.15, 0.2) is 5.96 Å². The van der Waals surface area contributed by atoms with Crippen LogP contribution in [-0.4, -0.2) is 68.1 Å². The van der Waals surface area contributed by atoms with Gasteiger partial charge >= 0.3 is 0 Å². The molecule has 18 heavy (non-hydrogen) atoms. The van der Waals surface area contributed by atoms with Crippen LogP contribution < -0.4 is 5.73 Å². The van der Waals surface area contributed by atoms with E-state index in [1.807, 2.05) is 11.9 Å². The van der Waals surface area contributed by atoms with E-state index in [2.05, 4.69) is 4.99 Å². The molecule has 0 saturated carbocycles. The van der Waals surface area contributed by atoms with E-state index < -0.39 is 0 Å². The van der Waals surface area contributed by atoms with E-state index in [0.29, 0.717) is 38.1 Å². The molecule has 2 N–H and O–H groups in total. The molecule has 0 aliphatic carbocycles. The summed E-state index contributed by atoms with van der Waals surface area (Å²) in [5.74, 6) is 1.14. The number of piperidine rings is 1. The summed E-state index contributed by atoms with van der Waals surface area (Å²) < 4.78 is 5.27. The second-order valence-corrected chi connectivity index (χ2v) is 4.97. The minimum atomic E-state index is 0.214. The number of guanidine groups is 1. The Morgan fingerprint density at radius 2 is 2.17 bits per heavy atom. The van der Waals surface area contributed by atoms with Crippen molar-refractivity contribution in [3.63, 3.8) is 0 Å². The van der Waals surface area contributed by atoms with Gasteiger partial charge in [-0.05, 0) is 12.3 Å². The molecule has 1 unspecified atom stereocenters. The molecule has 6 nitrogen and oxygen atoms in total. The van der Waals surface area contributed by atoms with Crippen molar-refractivity contribution in [1.82, 2.24) is 9.80 Å². The maximum Gasteiger partial charge on any atom is 0.222 e. The third-order valence-electron chi connectivity index (χ3n) is 3.61. The number of nitrogens with zero attached hydrogens (tertiary/aromatic N) is 3. The number of morpholine rings is 1. The normalized spacial score (nSPS) is 26.6. The van der Waals surface area contributed by atoms with Gasteiger partial charge < -0.3 is 20.3 Å². The number of carbonyl (C=O) groups excluding carboxylic acids is 1. The average Bonchev–Trinajstić information content (AvgIpc) is 2.41. The number of ether oxygens (including phenoxy) is 1. The molecule has 2 aliphatic rings. The van der Waals surface area contributed by atoms with Gasteiger partial charge in [0.25, 0.3) is 0 Å². The van der Waals surface area contributed by atoms with Gasteiger partial charge in [-0.15, -0.1) is 0 Å². The largest absolute Gasteiger partial charge is 0.378 e. The maximum atomic E-state index is 11.6. The molecule has 0 aromatic rings. The number of hydrogen-bond donors (Lipinski definition) is 1. The van der Waals surface area contributed by atoms with Crippen molar-refractivity contribution in [3.05, 3.63) is 0 Å². The van der Waals surface area contributed by atoms with Gasteiger partial charge in [-0.2, -0.15) is 0 Å². The summed E-state index contributed by atoms with van der Waals surface area (Å²) in [7, 11) is 1.85. The first-order chi connectivity index (χ1) is 8.66. The Balaban J connectivity index is 1.80. The van der Waals surface area contributed by atoms with E-state index in [1.165, 1.54) is 0 Å². The Kier molecular flexibility index (Phi) is 4.41. The SMILES string of the molecule is CN1CCC(CN=C(N)N2CCOCC2)CC1=O. The Morgan fingerprint density at radius 1 is 1.44 bits per heavy atom. The van der Waals surface area contributed by atoms with Crippen LogP contribution in [0, 0.1) is 5.92 Å². The van der Waals surface area contributed by atoms with E-state index in [0.717, 1.165) is 26.1 Å². The number of rotatable bonds is 2. The van der Waals surface area contributed by atoms with Gasteiger partial charge in [0.05, 0.1) is 13.2 Å². The van der Waals surface area contributed by atoms with E-state index >= 15 is 0 Å². The van der Waals surface area contributed by atoms with Crippen molar-refractivity contribution in [2.24, 2.45) is 16.6 Å². The number of aliphatic imine (C=N–C) groups is 1. The number of hydrogen-bond acceptors (Lipinski definition) is 3. The first-order valence-electron chi connectivity index (χ1n) is 6.53. The van der Waals surface area contributed by atoms with Crippen molar-refractivity contribution in [2.75, 3.05) is 46.4 Å². The second-order valence-electron chi connectivity index (χ2n) is 4.97. The zero-order chi connectivity index (χ0) is 13.0. The second kappa shape index (κ2) is 6.04. The highest BCUT2D eigenvalue weighted by Crippen LogP contribution is 2.17. The van der Waals surface area contributed by atoms with Crippen LogP contribution in [0.25, 0.3) is 0 Å². The lowest BCUT2D eigenvalue weighted by Gasteiger charge is -2.29. The Bertz CT molecular complexity index is 326. The van der Waals surface area contributed by atoms with Crippen LogP contribution in [0.4, 0.5) is 0 Å². The molecular weight excluding hydrogens is 232 g/mol. The van der Waals surface area contributed by atoms with Crippen LogP contribution in [0.15, 0.2) is 4.99 Å². The van der Waals surface area contributed by atoms with Crippen molar-refractivity contribution < 1.29 is 9.53 Å². The lowest BCUT2D eigenvalue weighted by molar-refractivity contribution is -0.133. The summed E-state index contributed by atoms with van der Waals surface area (Å²) in [4.78, 5) is 19.8. The van der Waals surface area contributed by atoms with Crippen LogP contribution in [0.1, 0.15) is 12.8 Å². The zero-order valence-corrected chi connectivity index (χ0v) is 11.0. The van der Waals surface area contributed by atoms with Gasteiger partial charge in [-0.1, -0.05) is 0 Å². The van der Waals surface area contributed by atoms with Gasteiger partial charge in [-0.3, -0.25) is 9.79 Å². The molecule has 0 bridgehead atoms. The molecule has 2 heterocycles. The highest BCUT2D eigenvalue weighted by atomic mass is 16.5. The van der Waals surface area contributed by atoms with Crippen LogP contribution in [0.2, 0.25) is 0 Å². The Labute approximate surface area is 108 Å². The summed E-state index contributed by atoms with van der Waals surface area (Å²) in [5, 5.41) is 0. The Hall–Kier alpha value is -1.30. The van der Waals surface area contributed by atoms with E-state index in [4.69, 9.17) is 10.5 Å². The molecule has 0 spiro atoms. The summed E-state index contributed by atoms with van der Waals surface area (Å²) in [5.41, 5.74) is 5.95. The molecule has 2 saturated heterocycles. The molecule has 0 radical (unpaired) electrons. The number of amides is 1. The average molecular weight is 254 g/mol. The fraction of sp³-hybridized carbons (Fsp3) is 0.833. The van der Waals surface area contributed by atoms with Gasteiger partial charge in [0, 0.05) is 39.6 Å². The molecule has 2 aliphatic heterocycles. The fourth-order valence-electron chi connectivity index (χ4n) is 2.28. The minimum absolute atomic E-state index is 0.214. The van der Waals surface area contributed by atoms with Gasteiger partial charge in [0.2, 0.25) is 5.91 Å². The van der Waals surface area contributed by atoms with E-state index in [1.54, 1.807) is 4.90 Å². The monoisotopic (exact) mass is 254 g/mol. The predicted octanol–water partition coefficient (Wildman–Crippen LogP) is -0.498. The molecule has 2 fully saturated rings. The number of likely N-dealkylation sites (tertiary alicyclic amines) is 1. The maximum absolute atomic E-state index is 11.6. The third kappa shape index (κ3) is 3.35. The quantitative estimate of drug-likeness (QED) is 0.533. The smallest absolute Gasteiger partial charge is 0.222 e. The number of carbonyl (C=O) groups is 1. The van der Waals surface area contributed by atoms with Crippen LogP contribution in [0.3, 0.4) is 0 Å². The summed E-state index contributed by atoms with van der Waals surface area (Å²) >= 11 is 0. The lowest BCUT2D eigenvalue weighted by atomic mass is 9.97. The summed E-state index contributed by atoms with van der Waals surface area (Å²) in [6.07, 6.45) is 1.61. The van der Waals surface area contributed by atoms with E-state index in [-0.39, 0.29) is 5.91 Å². The number of nitrogens with two attached hydrogens (primary N) is 1. The van der Waals surface area contributed by atoms with Gasteiger partial charge in [-0.25, -0.2) is 0 Å². The van der Waals surface area contributed by atoms with Crippen molar-refractivity contribution in [1.29, 1.82) is 0 Å². The highest BCUT2D eigenvalue weighted by molar-refractivity contribution is 5.78. The topological polar surface area (TPSA) is 71.2 Å². The lowest BCUT2D eigenvalue weighted by Crippen LogP contribution is -2.45. The highest BCUT2D eigenvalue weighted by Gasteiger charge is 2.23. The van der Waals surface area contributed by atoms with Gasteiger partial charge in [0.1, 0.15) is 0 Å². The standard InChI is InChI=1S/C12H22N4O2/c1-15-3-2-10(8-11(15)17)9-14-12(13)16-4-6-18-7-5-16/h10H,2-9H2,1H3,(H2,13,14). The van der Waals surface area contributed by atoms with Crippen molar-refractivity contribution in [2.45, 2.75) is 12.8 Å². The van der Waals surface area contributed by atoms with Crippen molar-refractivity contribution in [3.8, 4) is 0 Å². The molecule has 0 aromatic heterocycles. The van der Waals surface area contributed by atoms with Crippen LogP contribution in [-0.2, 0) is 9.53 Å². The van der Waals surface area contributed by atoms with E-state index in [9.17, 15) is 4.79 Å². The third-order valence-corrected chi connectivity index (χ3v) is 3.61. The molecule has 1 amide bonds. The first kappa shape index (κ1) is 13.1. The summed E-state index contributed by atoms with van der Waals surface area (Å²) in [6, 6.07) is 0. The predicted molar refractivity (Wildman–Crippen MR) is 69.2 cm³/mol. The van der Waals surface area contributed by atoms with Crippen molar-refractivity contribution >= 4 is 11.9 Å². The first-order valence-corrected chi connectivity index (χ1v) is 6.53. The zero-order valence-electron chi connectivity index (χ0n) is 11.0. The summed E-state index contributed by atoms with van der Waals surface area (Å²) in [6.45, 7) is 4.52. The molecular formula is C12H22N4O2. The molecule has 0 aromatic carbocycles. The molecule has 6 heteroatoms. The minimum Gasteiger partial charge on any atom is -0.378 e. The molecule has 1 atom stereocenters.